The summed E-state index contributed by atoms with van der Waals surface area (Å²) in [4.78, 5) is 35.5. The Morgan fingerprint density at radius 1 is 0.975 bits per heavy atom. The van der Waals surface area contributed by atoms with Crippen LogP contribution >= 0.6 is 11.3 Å². The molecule has 2 amide bonds. The third kappa shape index (κ3) is 8.87. The minimum absolute atomic E-state index is 0.00269. The Balaban J connectivity index is 1.94. The van der Waals surface area contributed by atoms with E-state index in [0.29, 0.717) is 37.1 Å². The zero-order valence-electron chi connectivity index (χ0n) is 24.5. The lowest BCUT2D eigenvalue weighted by Crippen LogP contribution is -2.52. The van der Waals surface area contributed by atoms with E-state index in [1.165, 1.54) is 29.7 Å². The van der Waals surface area contributed by atoms with Gasteiger partial charge >= 0.3 is 0 Å². The first kappa shape index (κ1) is 31.8. The van der Waals surface area contributed by atoms with Gasteiger partial charge in [0.2, 0.25) is 21.8 Å². The summed E-state index contributed by atoms with van der Waals surface area (Å²) < 4.78 is 35.0. The molecule has 3 aromatic rings. The molecule has 0 saturated heterocycles. The van der Waals surface area contributed by atoms with Crippen LogP contribution in [0.2, 0.25) is 0 Å². The fourth-order valence-electron chi connectivity index (χ4n) is 4.58. The van der Waals surface area contributed by atoms with Crippen molar-refractivity contribution in [2.24, 2.45) is 17.8 Å². The molecule has 0 saturated carbocycles. The summed E-state index contributed by atoms with van der Waals surface area (Å²) in [7, 11) is -4.13. The molecule has 0 aliphatic heterocycles. The third-order valence-corrected chi connectivity index (χ3v) is 8.44. The van der Waals surface area contributed by atoms with Gasteiger partial charge in [-0.05, 0) is 48.9 Å². The van der Waals surface area contributed by atoms with E-state index in [0.717, 1.165) is 10.7 Å². The summed E-state index contributed by atoms with van der Waals surface area (Å²) >= 11 is 1.51. The number of hydrogen-bond donors (Lipinski definition) is 1. The molecule has 220 valence electrons. The van der Waals surface area contributed by atoms with Gasteiger partial charge in [-0.3, -0.25) is 9.59 Å². The lowest BCUT2D eigenvalue weighted by atomic mass is 10.1. The number of fused-ring (bicyclic) bond motifs is 1. The Morgan fingerprint density at radius 3 is 2.17 bits per heavy atom. The topological polar surface area (TPSA) is 113 Å². The van der Waals surface area contributed by atoms with Crippen LogP contribution in [0.4, 0.5) is 0 Å². The third-order valence-electron chi connectivity index (χ3n) is 6.15. The van der Waals surface area contributed by atoms with Gasteiger partial charge in [0.1, 0.15) is 11.6 Å². The average molecular weight is 591 g/mol. The van der Waals surface area contributed by atoms with Gasteiger partial charge in [-0.1, -0.05) is 41.5 Å². The number of nitrogens with one attached hydrogen (secondary N) is 1. The van der Waals surface area contributed by atoms with Gasteiger partial charge < -0.3 is 14.2 Å². The minimum Gasteiger partial charge on any atom is -0.464 e. The highest BCUT2D eigenvalue weighted by atomic mass is 32.2. The smallest absolute Gasteiger partial charge is 0.241 e. The number of thiazole rings is 1. The van der Waals surface area contributed by atoms with Crippen LogP contribution in [0, 0.1) is 24.7 Å². The zero-order chi connectivity index (χ0) is 29.6. The van der Waals surface area contributed by atoms with Crippen molar-refractivity contribution >= 4 is 44.1 Å². The highest BCUT2D eigenvalue weighted by Gasteiger charge is 2.33. The van der Waals surface area contributed by atoms with Crippen molar-refractivity contribution in [3.05, 3.63) is 46.6 Å². The predicted molar refractivity (Wildman–Crippen MR) is 158 cm³/mol. The van der Waals surface area contributed by atoms with Crippen molar-refractivity contribution in [2.45, 2.75) is 72.4 Å². The van der Waals surface area contributed by atoms with Crippen LogP contribution in [0.25, 0.3) is 11.0 Å². The summed E-state index contributed by atoms with van der Waals surface area (Å²) in [6.45, 7) is 15.6. The van der Waals surface area contributed by atoms with E-state index in [2.05, 4.69) is 9.71 Å². The maximum Gasteiger partial charge on any atom is 0.241 e. The molecule has 0 radical (unpaired) electrons. The maximum absolute atomic E-state index is 13.9. The molecule has 40 heavy (non-hydrogen) atoms. The molecule has 11 heteroatoms. The minimum atomic E-state index is -4.13. The SMILES string of the molecule is Cc1nc(CN(CC(C)C)C(=O)C[C@H](NS(=O)(=O)c2ccc3occc3c2)C(=O)N(CC(C)C)CC(C)C)cs1. The van der Waals surface area contributed by atoms with Crippen molar-refractivity contribution in [1.29, 1.82) is 0 Å². The molecule has 2 aromatic heterocycles. The second-order valence-corrected chi connectivity index (χ2v) is 14.3. The predicted octanol–water partition coefficient (Wildman–Crippen LogP) is 5.06. The normalized spacial score (nSPS) is 12.9. The standard InChI is InChI=1S/C29H42N4O5S2/c1-19(2)14-32(17-24-18-39-22(7)30-24)28(34)13-26(29(35)33(15-20(3)4)16-21(5)6)31-40(36,37)25-8-9-27-23(12-25)10-11-38-27/h8-12,18-21,26,31H,13-17H2,1-7H3/t26-/m0/s1. The molecule has 1 aromatic carbocycles. The molecule has 0 bridgehead atoms. The Hall–Kier alpha value is -2.76. The van der Waals surface area contributed by atoms with E-state index in [1.807, 2.05) is 53.8 Å². The molecule has 0 spiro atoms. The molecule has 0 aliphatic rings. The van der Waals surface area contributed by atoms with E-state index in [1.54, 1.807) is 21.9 Å². The number of furan rings is 1. The molecule has 0 fully saturated rings. The van der Waals surface area contributed by atoms with Crippen molar-refractivity contribution in [2.75, 3.05) is 19.6 Å². The number of nitrogens with zero attached hydrogens (tertiary/aromatic N) is 3. The highest BCUT2D eigenvalue weighted by Crippen LogP contribution is 2.21. The number of amides is 2. The fourth-order valence-corrected chi connectivity index (χ4v) is 6.41. The van der Waals surface area contributed by atoms with Crippen LogP contribution in [0.5, 0.6) is 0 Å². The molecular formula is C29H42N4O5S2. The largest absolute Gasteiger partial charge is 0.464 e. The van der Waals surface area contributed by atoms with Crippen LogP contribution in [-0.2, 0) is 26.2 Å². The van der Waals surface area contributed by atoms with Crippen LogP contribution < -0.4 is 4.72 Å². The van der Waals surface area contributed by atoms with Gasteiger partial charge in [0, 0.05) is 30.4 Å². The number of carbonyl (C=O) groups is 2. The second-order valence-electron chi connectivity index (χ2n) is 11.6. The lowest BCUT2D eigenvalue weighted by Gasteiger charge is -2.31. The van der Waals surface area contributed by atoms with E-state index in [-0.39, 0.29) is 35.0 Å². The first-order chi connectivity index (χ1) is 18.7. The first-order valence-electron chi connectivity index (χ1n) is 13.7. The van der Waals surface area contributed by atoms with Crippen molar-refractivity contribution < 1.29 is 22.4 Å². The Kier molecular flexibility index (Phi) is 10.9. The van der Waals surface area contributed by atoms with E-state index in [9.17, 15) is 18.0 Å². The molecule has 0 unspecified atom stereocenters. The number of carbonyl (C=O) groups excluding carboxylic acids is 2. The quantitative estimate of drug-likeness (QED) is 0.281. The molecular weight excluding hydrogens is 548 g/mol. The summed E-state index contributed by atoms with van der Waals surface area (Å²) in [5, 5.41) is 3.45. The molecule has 3 rings (SSSR count). The van der Waals surface area contributed by atoms with Gasteiger partial charge in [-0.2, -0.15) is 4.72 Å². The van der Waals surface area contributed by atoms with Crippen molar-refractivity contribution in [3.63, 3.8) is 0 Å². The van der Waals surface area contributed by atoms with Gasteiger partial charge in [0.05, 0.1) is 34.8 Å². The lowest BCUT2D eigenvalue weighted by molar-refractivity contribution is -0.140. The molecule has 1 N–H and O–H groups in total. The molecule has 2 heterocycles. The van der Waals surface area contributed by atoms with Gasteiger partial charge in [0.15, 0.2) is 0 Å². The van der Waals surface area contributed by atoms with E-state index in [4.69, 9.17) is 4.42 Å². The summed E-state index contributed by atoms with van der Waals surface area (Å²) in [6.07, 6.45) is 1.19. The monoisotopic (exact) mass is 590 g/mol. The van der Waals surface area contributed by atoms with E-state index >= 15 is 0 Å². The van der Waals surface area contributed by atoms with Crippen LogP contribution in [0.15, 0.2) is 45.2 Å². The number of sulfonamides is 1. The summed E-state index contributed by atoms with van der Waals surface area (Å²) in [6, 6.07) is 4.93. The maximum atomic E-state index is 13.9. The van der Waals surface area contributed by atoms with Crippen molar-refractivity contribution in [3.8, 4) is 0 Å². The van der Waals surface area contributed by atoms with Crippen LogP contribution in [0.3, 0.4) is 0 Å². The molecule has 0 aliphatic carbocycles. The summed E-state index contributed by atoms with van der Waals surface area (Å²) in [5.41, 5.74) is 1.33. The number of aryl methyl sites for hydroxylation is 1. The number of benzene rings is 1. The number of hydrogen-bond acceptors (Lipinski definition) is 7. The first-order valence-corrected chi connectivity index (χ1v) is 16.1. The van der Waals surface area contributed by atoms with Gasteiger partial charge in [0.25, 0.3) is 0 Å². The summed E-state index contributed by atoms with van der Waals surface area (Å²) in [5.74, 6) is -0.193. The van der Waals surface area contributed by atoms with E-state index < -0.39 is 22.0 Å². The van der Waals surface area contributed by atoms with Crippen LogP contribution in [-0.4, -0.2) is 60.7 Å². The Bertz CT molecular complexity index is 1380. The molecule has 9 nitrogen and oxygen atoms in total. The highest BCUT2D eigenvalue weighted by molar-refractivity contribution is 7.89. The number of rotatable bonds is 14. The van der Waals surface area contributed by atoms with Gasteiger partial charge in [-0.15, -0.1) is 11.3 Å². The Morgan fingerprint density at radius 2 is 1.60 bits per heavy atom. The van der Waals surface area contributed by atoms with Gasteiger partial charge in [-0.25, -0.2) is 13.4 Å². The second kappa shape index (κ2) is 13.7. The number of aromatic nitrogens is 1. The fraction of sp³-hybridized carbons (Fsp3) is 0.552. The van der Waals surface area contributed by atoms with Crippen LogP contribution in [0.1, 0.15) is 58.7 Å². The zero-order valence-corrected chi connectivity index (χ0v) is 26.1. The molecule has 1 atom stereocenters. The van der Waals surface area contributed by atoms with Crippen molar-refractivity contribution in [1.82, 2.24) is 19.5 Å². The Labute approximate surface area is 242 Å². The average Bonchev–Trinajstić information content (AvgIpc) is 3.49.